The molecular weight excluding hydrogens is 501 g/mol. The lowest BCUT2D eigenvalue weighted by molar-refractivity contribution is -0.0164. The van der Waals surface area contributed by atoms with Gasteiger partial charge in [-0.2, -0.15) is 0 Å². The Balaban J connectivity index is 1.11. The van der Waals surface area contributed by atoms with Crippen molar-refractivity contribution in [3.63, 3.8) is 0 Å². The molecule has 7 unspecified atom stereocenters. The zero-order valence-electron chi connectivity index (χ0n) is 26.5. The second-order valence-electron chi connectivity index (χ2n) is 15.2. The van der Waals surface area contributed by atoms with Crippen LogP contribution in [0.3, 0.4) is 0 Å². The molecule has 0 amide bonds. The van der Waals surface area contributed by atoms with E-state index in [9.17, 15) is 4.39 Å². The van der Waals surface area contributed by atoms with Gasteiger partial charge in [0.05, 0.1) is 0 Å². The molecule has 3 heteroatoms. The van der Waals surface area contributed by atoms with Crippen LogP contribution >= 0.6 is 0 Å². The minimum Gasteiger partial charge on any atom is -0.247 e. The average molecular weight is 567 g/mol. The van der Waals surface area contributed by atoms with Crippen LogP contribution < -0.4 is 0 Å². The lowest BCUT2D eigenvalue weighted by Gasteiger charge is -2.42. The van der Waals surface area contributed by atoms with Gasteiger partial charge in [-0.3, -0.25) is 0 Å². The molecule has 4 aliphatic carbocycles. The Kier molecular flexibility index (Phi) is 14.0. The molecule has 0 bridgehead atoms. The van der Waals surface area contributed by atoms with Gasteiger partial charge in [-0.15, -0.1) is 0 Å². The summed E-state index contributed by atoms with van der Waals surface area (Å²) < 4.78 is 45.7. The third kappa shape index (κ3) is 9.39. The van der Waals surface area contributed by atoms with E-state index in [0.717, 1.165) is 63.7 Å². The fourth-order valence-electron chi connectivity index (χ4n) is 9.80. The van der Waals surface area contributed by atoms with Gasteiger partial charge in [-0.05, 0) is 118 Å². The number of alkyl halides is 3. The van der Waals surface area contributed by atoms with Gasteiger partial charge in [-0.1, -0.05) is 97.3 Å². The Morgan fingerprint density at radius 2 is 1.02 bits per heavy atom. The van der Waals surface area contributed by atoms with E-state index in [1.165, 1.54) is 96.3 Å². The van der Waals surface area contributed by atoms with Crippen LogP contribution in [0.15, 0.2) is 0 Å². The van der Waals surface area contributed by atoms with Gasteiger partial charge in [0.25, 0.3) is 0 Å². The Morgan fingerprint density at radius 3 is 1.70 bits per heavy atom. The van der Waals surface area contributed by atoms with Crippen molar-refractivity contribution in [1.82, 2.24) is 0 Å². The lowest BCUT2D eigenvalue weighted by Crippen LogP contribution is -2.42. The van der Waals surface area contributed by atoms with E-state index in [-0.39, 0.29) is 11.8 Å². The molecule has 4 fully saturated rings. The smallest absolute Gasteiger partial charge is 0.134 e. The van der Waals surface area contributed by atoms with Crippen molar-refractivity contribution in [3.8, 4) is 0 Å². The molecule has 0 aromatic rings. The van der Waals surface area contributed by atoms with E-state index >= 15 is 8.78 Å². The minimum atomic E-state index is -1.24. The molecule has 4 aliphatic rings. The summed E-state index contributed by atoms with van der Waals surface area (Å²) in [4.78, 5) is 0. The molecule has 40 heavy (non-hydrogen) atoms. The Hall–Kier alpha value is -0.210. The van der Waals surface area contributed by atoms with Crippen molar-refractivity contribution in [2.45, 2.75) is 186 Å². The van der Waals surface area contributed by atoms with Crippen molar-refractivity contribution in [1.29, 1.82) is 0 Å². The zero-order valence-corrected chi connectivity index (χ0v) is 26.5. The molecule has 0 aliphatic heterocycles. The highest BCUT2D eigenvalue weighted by atomic mass is 19.2. The van der Waals surface area contributed by atoms with Crippen LogP contribution in [0.4, 0.5) is 13.2 Å². The van der Waals surface area contributed by atoms with Crippen LogP contribution in [0, 0.1) is 47.3 Å². The average Bonchev–Trinajstić information content (AvgIpc) is 2.98. The molecule has 4 rings (SSSR count). The third-order valence-corrected chi connectivity index (χ3v) is 12.6. The molecule has 7 atom stereocenters. The van der Waals surface area contributed by atoms with E-state index in [1.807, 2.05) is 0 Å². The first-order valence-corrected chi connectivity index (χ1v) is 18.4. The molecule has 0 aromatic heterocycles. The molecule has 0 heterocycles. The van der Waals surface area contributed by atoms with Crippen LogP contribution in [-0.4, -0.2) is 18.5 Å². The molecule has 0 nitrogen and oxygen atoms in total. The first kappa shape index (κ1) is 32.7. The van der Waals surface area contributed by atoms with Crippen LogP contribution in [-0.2, 0) is 0 Å². The number of halogens is 3. The predicted octanol–water partition coefficient (Wildman–Crippen LogP) is 12.4. The summed E-state index contributed by atoms with van der Waals surface area (Å²) in [5.74, 6) is 3.47. The highest BCUT2D eigenvalue weighted by Crippen LogP contribution is 2.47. The molecule has 234 valence electrons. The summed E-state index contributed by atoms with van der Waals surface area (Å²) in [5, 5.41) is 0. The summed E-state index contributed by atoms with van der Waals surface area (Å²) in [6.07, 6.45) is 25.0. The SMILES string of the molecule is CCCCCCC1CCC(C2CCC(CCC3CCC(C4CCC(CCCCC)C(F)C4)CC3)C(F)C2F)CC1. The van der Waals surface area contributed by atoms with Gasteiger partial charge >= 0.3 is 0 Å². The number of unbranched alkanes of at least 4 members (excludes halogenated alkanes) is 5. The maximum absolute atomic E-state index is 15.4. The fraction of sp³-hybridized carbons (Fsp3) is 1.00. The Labute approximate surface area is 246 Å². The Bertz CT molecular complexity index is 664. The van der Waals surface area contributed by atoms with Gasteiger partial charge in [0.15, 0.2) is 0 Å². The predicted molar refractivity (Wildman–Crippen MR) is 165 cm³/mol. The fourth-order valence-corrected chi connectivity index (χ4v) is 9.80. The topological polar surface area (TPSA) is 0 Å². The van der Waals surface area contributed by atoms with Crippen LogP contribution in [0.1, 0.15) is 168 Å². The normalized spacial score (nSPS) is 41.2. The molecule has 0 N–H and O–H groups in total. The second-order valence-corrected chi connectivity index (χ2v) is 15.2. The second kappa shape index (κ2) is 17.2. The minimum absolute atomic E-state index is 0.0243. The highest BCUT2D eigenvalue weighted by Gasteiger charge is 2.44. The van der Waals surface area contributed by atoms with Crippen molar-refractivity contribution >= 4 is 0 Å². The van der Waals surface area contributed by atoms with E-state index < -0.39 is 18.5 Å². The van der Waals surface area contributed by atoms with Crippen LogP contribution in [0.5, 0.6) is 0 Å². The summed E-state index contributed by atoms with van der Waals surface area (Å²) in [7, 11) is 0. The van der Waals surface area contributed by atoms with E-state index in [0.29, 0.717) is 29.6 Å². The zero-order chi connectivity index (χ0) is 28.3. The van der Waals surface area contributed by atoms with E-state index in [4.69, 9.17) is 0 Å². The molecule has 0 saturated heterocycles. The monoisotopic (exact) mass is 567 g/mol. The molecule has 0 aromatic carbocycles. The van der Waals surface area contributed by atoms with Gasteiger partial charge in [-0.25, -0.2) is 13.2 Å². The quantitative estimate of drug-likeness (QED) is 0.183. The summed E-state index contributed by atoms with van der Waals surface area (Å²) >= 11 is 0. The molecule has 0 radical (unpaired) electrons. The summed E-state index contributed by atoms with van der Waals surface area (Å²) in [5.41, 5.74) is 0. The van der Waals surface area contributed by atoms with Crippen molar-refractivity contribution in [2.75, 3.05) is 0 Å². The van der Waals surface area contributed by atoms with Crippen LogP contribution in [0.2, 0.25) is 0 Å². The third-order valence-electron chi connectivity index (χ3n) is 12.6. The summed E-state index contributed by atoms with van der Waals surface area (Å²) in [6.45, 7) is 4.49. The number of hydrogen-bond acceptors (Lipinski definition) is 0. The molecule has 4 saturated carbocycles. The highest BCUT2D eigenvalue weighted by molar-refractivity contribution is 4.93. The number of hydrogen-bond donors (Lipinski definition) is 0. The van der Waals surface area contributed by atoms with Gasteiger partial charge in [0.1, 0.15) is 18.5 Å². The molecule has 0 spiro atoms. The largest absolute Gasteiger partial charge is 0.247 e. The molecular formula is C37H65F3. The summed E-state index contributed by atoms with van der Waals surface area (Å²) in [6, 6.07) is 0. The van der Waals surface area contributed by atoms with E-state index in [1.54, 1.807) is 0 Å². The maximum atomic E-state index is 15.4. The van der Waals surface area contributed by atoms with E-state index in [2.05, 4.69) is 13.8 Å². The van der Waals surface area contributed by atoms with Crippen molar-refractivity contribution in [3.05, 3.63) is 0 Å². The number of rotatable bonds is 14. The maximum Gasteiger partial charge on any atom is 0.134 e. The first-order chi connectivity index (χ1) is 19.5. The lowest BCUT2D eigenvalue weighted by atomic mass is 9.65. The van der Waals surface area contributed by atoms with Gasteiger partial charge in [0, 0.05) is 0 Å². The van der Waals surface area contributed by atoms with Gasteiger partial charge in [0.2, 0.25) is 0 Å². The van der Waals surface area contributed by atoms with Crippen LogP contribution in [0.25, 0.3) is 0 Å². The first-order valence-electron chi connectivity index (χ1n) is 18.4. The van der Waals surface area contributed by atoms with Gasteiger partial charge < -0.3 is 0 Å². The van der Waals surface area contributed by atoms with Crippen molar-refractivity contribution in [2.24, 2.45) is 47.3 Å². The Morgan fingerprint density at radius 1 is 0.450 bits per heavy atom. The standard InChI is InChI=1S/C37H65F3/c1-3-5-7-9-10-27-14-19-30(20-15-27)34-25-24-32(36(39)37(34)40)21-16-28-12-17-29(18-13-28)33-23-22-31(35(38)26-33)11-8-6-4-2/h27-37H,3-26H2,1-2H3. The van der Waals surface area contributed by atoms with Crippen molar-refractivity contribution < 1.29 is 13.2 Å².